The van der Waals surface area contributed by atoms with Crippen LogP contribution in [0, 0.1) is 16.7 Å². The number of carbonyl (C=O) groups excluding carboxylic acids is 1. The molecule has 0 aromatic heterocycles. The minimum absolute atomic E-state index is 0.0946. The Morgan fingerprint density at radius 3 is 2.63 bits per heavy atom. The number of unbranched alkanes of at least 4 members (excludes halogenated alkanes) is 1. The van der Waals surface area contributed by atoms with Gasteiger partial charge in [-0.3, -0.25) is 4.79 Å². The van der Waals surface area contributed by atoms with Crippen LogP contribution in [0.3, 0.4) is 0 Å². The van der Waals surface area contributed by atoms with Crippen molar-refractivity contribution in [2.24, 2.45) is 5.41 Å². The fourth-order valence-corrected chi connectivity index (χ4v) is 4.13. The smallest absolute Gasteiger partial charge is 0.162 e. The molecule has 4 nitrogen and oxygen atoms in total. The highest BCUT2D eigenvalue weighted by molar-refractivity contribution is 7.84. The minimum atomic E-state index is -0.368. The van der Waals surface area contributed by atoms with Gasteiger partial charge in [0.2, 0.25) is 0 Å². The molecule has 1 atom stereocenters. The number of benzene rings is 1. The minimum Gasteiger partial charge on any atom is -0.494 e. The fourth-order valence-electron chi connectivity index (χ4n) is 3.81. The van der Waals surface area contributed by atoms with Crippen LogP contribution >= 0.6 is 12.6 Å². The third-order valence-corrected chi connectivity index (χ3v) is 5.47. The molecule has 142 valence electrons. The summed E-state index contributed by atoms with van der Waals surface area (Å²) in [6.07, 6.45) is 3.36. The van der Waals surface area contributed by atoms with E-state index in [1.165, 1.54) is 0 Å². The third kappa shape index (κ3) is 4.06. The maximum atomic E-state index is 13.0. The molecule has 0 spiro atoms. The van der Waals surface area contributed by atoms with Crippen molar-refractivity contribution in [3.63, 3.8) is 0 Å². The largest absolute Gasteiger partial charge is 0.494 e. The van der Waals surface area contributed by atoms with Gasteiger partial charge in [0.15, 0.2) is 5.78 Å². The van der Waals surface area contributed by atoms with Gasteiger partial charge in [-0.2, -0.15) is 5.26 Å². The van der Waals surface area contributed by atoms with Gasteiger partial charge in [-0.05, 0) is 36.0 Å². The second-order valence-electron chi connectivity index (χ2n) is 8.04. The Balaban J connectivity index is 1.97. The van der Waals surface area contributed by atoms with Crippen molar-refractivity contribution >= 4 is 18.4 Å². The number of nitrogens with zero attached hydrogens (tertiary/aromatic N) is 1. The van der Waals surface area contributed by atoms with Gasteiger partial charge in [-0.15, -0.1) is 12.6 Å². The van der Waals surface area contributed by atoms with Crippen LogP contribution in [0.25, 0.3) is 0 Å². The molecule has 1 heterocycles. The van der Waals surface area contributed by atoms with Gasteiger partial charge in [-0.25, -0.2) is 0 Å². The zero-order chi connectivity index (χ0) is 19.6. The van der Waals surface area contributed by atoms with E-state index in [-0.39, 0.29) is 17.1 Å². The normalized spacial score (nSPS) is 21.4. The van der Waals surface area contributed by atoms with Gasteiger partial charge >= 0.3 is 0 Å². The van der Waals surface area contributed by atoms with Gasteiger partial charge in [0, 0.05) is 17.7 Å². The molecular formula is C22H26N2O2S. The van der Waals surface area contributed by atoms with E-state index < -0.39 is 0 Å². The SMILES string of the molecule is CCCCOc1ccc(C2C(C#N)=C(S)NC3=C2C(=O)CC(C)(C)C3)cc1. The number of nitrogens with one attached hydrogen (secondary N) is 1. The second-order valence-corrected chi connectivity index (χ2v) is 8.48. The summed E-state index contributed by atoms with van der Waals surface area (Å²) in [6, 6.07) is 9.99. The molecule has 1 aromatic rings. The van der Waals surface area contributed by atoms with Crippen molar-refractivity contribution in [1.29, 1.82) is 5.26 Å². The van der Waals surface area contributed by atoms with Crippen LogP contribution in [0.5, 0.6) is 5.75 Å². The number of Topliss-reactive ketones (excluding diaryl/α,β-unsaturated/α-hetero) is 1. The van der Waals surface area contributed by atoms with Crippen LogP contribution < -0.4 is 10.1 Å². The molecule has 1 aliphatic heterocycles. The summed E-state index contributed by atoms with van der Waals surface area (Å²) in [5.74, 6) is 0.544. The first-order chi connectivity index (χ1) is 12.9. The van der Waals surface area contributed by atoms with E-state index in [1.807, 2.05) is 24.3 Å². The van der Waals surface area contributed by atoms with Gasteiger partial charge < -0.3 is 10.1 Å². The maximum Gasteiger partial charge on any atom is 0.162 e. The number of ketones is 1. The molecule has 1 aliphatic carbocycles. The molecule has 1 unspecified atom stereocenters. The number of hydrogen-bond acceptors (Lipinski definition) is 5. The Bertz CT molecular complexity index is 844. The fraction of sp³-hybridized carbons (Fsp3) is 0.455. The molecule has 0 saturated heterocycles. The van der Waals surface area contributed by atoms with Crippen molar-refractivity contribution in [2.75, 3.05) is 6.61 Å². The van der Waals surface area contributed by atoms with Crippen LogP contribution in [0.4, 0.5) is 0 Å². The lowest BCUT2D eigenvalue weighted by Gasteiger charge is -2.38. The summed E-state index contributed by atoms with van der Waals surface area (Å²) in [6.45, 7) is 7.00. The van der Waals surface area contributed by atoms with Crippen LogP contribution in [-0.4, -0.2) is 12.4 Å². The third-order valence-electron chi connectivity index (χ3n) is 5.12. The topological polar surface area (TPSA) is 62.1 Å². The predicted octanol–water partition coefficient (Wildman–Crippen LogP) is 4.86. The zero-order valence-electron chi connectivity index (χ0n) is 16.1. The van der Waals surface area contributed by atoms with Crippen molar-refractivity contribution in [3.05, 3.63) is 51.7 Å². The molecule has 5 heteroatoms. The molecule has 0 radical (unpaired) electrons. The summed E-state index contributed by atoms with van der Waals surface area (Å²) < 4.78 is 5.73. The summed E-state index contributed by atoms with van der Waals surface area (Å²) in [7, 11) is 0. The Labute approximate surface area is 166 Å². The number of allylic oxidation sites excluding steroid dienone is 3. The summed E-state index contributed by atoms with van der Waals surface area (Å²) in [5.41, 5.74) is 2.92. The van der Waals surface area contributed by atoms with Crippen molar-refractivity contribution < 1.29 is 9.53 Å². The molecule has 2 aliphatic rings. The maximum absolute atomic E-state index is 13.0. The van der Waals surface area contributed by atoms with E-state index in [1.54, 1.807) is 0 Å². The van der Waals surface area contributed by atoms with E-state index in [0.29, 0.717) is 29.2 Å². The lowest BCUT2D eigenvalue weighted by atomic mass is 9.69. The average Bonchev–Trinajstić information content (AvgIpc) is 2.60. The number of ether oxygens (including phenoxy) is 1. The first kappa shape index (κ1) is 19.6. The van der Waals surface area contributed by atoms with E-state index in [0.717, 1.165) is 36.3 Å². The average molecular weight is 383 g/mol. The van der Waals surface area contributed by atoms with E-state index >= 15 is 0 Å². The highest BCUT2D eigenvalue weighted by Gasteiger charge is 2.41. The number of nitriles is 1. The number of carbonyl (C=O) groups is 1. The molecule has 0 saturated carbocycles. The zero-order valence-corrected chi connectivity index (χ0v) is 17.0. The van der Waals surface area contributed by atoms with E-state index in [2.05, 4.69) is 44.8 Å². The van der Waals surface area contributed by atoms with Crippen LogP contribution in [0.2, 0.25) is 0 Å². The Morgan fingerprint density at radius 1 is 1.30 bits per heavy atom. The first-order valence-corrected chi connectivity index (χ1v) is 9.90. The van der Waals surface area contributed by atoms with E-state index in [9.17, 15) is 10.1 Å². The highest BCUT2D eigenvalue weighted by atomic mass is 32.1. The Hall–Kier alpha value is -2.19. The number of rotatable bonds is 5. The predicted molar refractivity (Wildman–Crippen MR) is 109 cm³/mol. The Morgan fingerprint density at radius 2 is 2.00 bits per heavy atom. The molecule has 1 aromatic carbocycles. The van der Waals surface area contributed by atoms with Gasteiger partial charge in [0.05, 0.1) is 29.2 Å². The molecule has 1 N–H and O–H groups in total. The van der Waals surface area contributed by atoms with E-state index in [4.69, 9.17) is 4.74 Å². The Kier molecular flexibility index (Phi) is 5.67. The number of dihydropyridines is 1. The molecule has 0 bridgehead atoms. The molecule has 0 amide bonds. The lowest BCUT2D eigenvalue weighted by Crippen LogP contribution is -2.36. The number of thiol groups is 1. The van der Waals surface area contributed by atoms with Crippen LogP contribution in [0.1, 0.15) is 57.9 Å². The summed E-state index contributed by atoms with van der Waals surface area (Å²) in [5, 5.41) is 13.5. The number of hydrogen-bond donors (Lipinski definition) is 2. The van der Waals surface area contributed by atoms with Gasteiger partial charge in [0.25, 0.3) is 0 Å². The first-order valence-electron chi connectivity index (χ1n) is 9.45. The molecule has 3 rings (SSSR count). The highest BCUT2D eigenvalue weighted by Crippen LogP contribution is 2.46. The van der Waals surface area contributed by atoms with Gasteiger partial charge in [-0.1, -0.05) is 39.3 Å². The van der Waals surface area contributed by atoms with Crippen LogP contribution in [0.15, 0.2) is 46.1 Å². The second kappa shape index (κ2) is 7.82. The van der Waals surface area contributed by atoms with Crippen LogP contribution in [-0.2, 0) is 4.79 Å². The summed E-state index contributed by atoms with van der Waals surface area (Å²) in [4.78, 5) is 13.0. The van der Waals surface area contributed by atoms with Gasteiger partial charge in [0.1, 0.15) is 5.75 Å². The van der Waals surface area contributed by atoms with Crippen molar-refractivity contribution in [2.45, 2.75) is 52.4 Å². The standard InChI is InChI=1S/C22H26N2O2S/c1-4-5-10-26-15-8-6-14(7-9-15)19-16(13-23)21(27)24-17-11-22(2,3)12-18(25)20(17)19/h6-9,19,24,27H,4-5,10-12H2,1-3H3. The molecule has 27 heavy (non-hydrogen) atoms. The quantitative estimate of drug-likeness (QED) is 0.564. The molecular weight excluding hydrogens is 356 g/mol. The monoisotopic (exact) mass is 382 g/mol. The van der Waals surface area contributed by atoms with Crippen molar-refractivity contribution in [3.8, 4) is 11.8 Å². The molecule has 0 fully saturated rings. The van der Waals surface area contributed by atoms with Crippen molar-refractivity contribution in [1.82, 2.24) is 5.32 Å². The lowest BCUT2D eigenvalue weighted by molar-refractivity contribution is -0.118. The summed E-state index contributed by atoms with van der Waals surface area (Å²) >= 11 is 4.50.